The fourth-order valence-electron chi connectivity index (χ4n) is 3.90. The number of ether oxygens (including phenoxy) is 2. The van der Waals surface area contributed by atoms with Gasteiger partial charge in [-0.1, -0.05) is 0 Å². The summed E-state index contributed by atoms with van der Waals surface area (Å²) in [5.74, 6) is 1.65. The number of fused-ring (bicyclic) bond motifs is 1. The van der Waals surface area contributed by atoms with Gasteiger partial charge >= 0.3 is 6.09 Å². The van der Waals surface area contributed by atoms with Crippen molar-refractivity contribution in [3.05, 3.63) is 41.7 Å². The van der Waals surface area contributed by atoms with E-state index in [1.54, 1.807) is 12.0 Å². The maximum atomic E-state index is 12.4. The van der Waals surface area contributed by atoms with Crippen LogP contribution in [0.3, 0.4) is 0 Å². The number of rotatable bonds is 3. The topological polar surface area (TPSA) is 71.0 Å². The zero-order valence-electron chi connectivity index (χ0n) is 18.8. The minimum absolute atomic E-state index is 0.281. The number of methoxy groups -OCH3 is 1. The largest absolute Gasteiger partial charge is 0.497 e. The molecule has 1 aromatic heterocycles. The molecule has 2 aromatic rings. The number of carbonyl (C=O) groups excluding carboxylic acids is 1. The first-order chi connectivity index (χ1) is 14.8. The fourth-order valence-corrected chi connectivity index (χ4v) is 3.90. The number of nitrogens with zero attached hydrogens (tertiary/aromatic N) is 5. The third-order valence-corrected chi connectivity index (χ3v) is 5.57. The van der Waals surface area contributed by atoms with E-state index in [1.807, 2.05) is 39.1 Å². The van der Waals surface area contributed by atoms with Crippen LogP contribution in [0.5, 0.6) is 5.75 Å². The highest BCUT2D eigenvalue weighted by Gasteiger charge is 2.27. The molecular weight excluding hydrogens is 394 g/mol. The van der Waals surface area contributed by atoms with Gasteiger partial charge in [0.1, 0.15) is 11.4 Å². The number of amides is 1. The van der Waals surface area contributed by atoms with Crippen molar-refractivity contribution < 1.29 is 14.3 Å². The average molecular weight is 426 g/mol. The standard InChI is InChI=1S/C23H31N5O3/c1-23(2,3)31-22(29)28-10-9-20-17(16-28)15-24-21(25-20)27-13-11-26(12-14-27)18-5-7-19(30-4)8-6-18/h5-8,15H,9-14,16H2,1-4H3. The van der Waals surface area contributed by atoms with Crippen LogP contribution in [0, 0.1) is 0 Å². The summed E-state index contributed by atoms with van der Waals surface area (Å²) >= 11 is 0. The predicted octanol–water partition coefficient (Wildman–Crippen LogP) is 3.11. The van der Waals surface area contributed by atoms with Gasteiger partial charge in [0, 0.05) is 56.6 Å². The predicted molar refractivity (Wildman–Crippen MR) is 120 cm³/mol. The Hall–Kier alpha value is -3.03. The maximum absolute atomic E-state index is 12.4. The van der Waals surface area contributed by atoms with Crippen molar-refractivity contribution in [2.24, 2.45) is 0 Å². The van der Waals surface area contributed by atoms with Gasteiger partial charge < -0.3 is 24.2 Å². The Labute approximate surface area is 183 Å². The lowest BCUT2D eigenvalue weighted by Gasteiger charge is -2.36. The first-order valence-corrected chi connectivity index (χ1v) is 10.8. The van der Waals surface area contributed by atoms with Crippen molar-refractivity contribution in [1.29, 1.82) is 0 Å². The van der Waals surface area contributed by atoms with Gasteiger partial charge in [-0.05, 0) is 45.0 Å². The summed E-state index contributed by atoms with van der Waals surface area (Å²) in [4.78, 5) is 28.1. The minimum atomic E-state index is -0.494. The van der Waals surface area contributed by atoms with Crippen molar-refractivity contribution in [3.63, 3.8) is 0 Å². The van der Waals surface area contributed by atoms with E-state index in [2.05, 4.69) is 26.9 Å². The first kappa shape index (κ1) is 21.2. The van der Waals surface area contributed by atoms with E-state index < -0.39 is 5.60 Å². The molecule has 1 saturated heterocycles. The molecule has 31 heavy (non-hydrogen) atoms. The second-order valence-electron chi connectivity index (χ2n) is 8.97. The Morgan fingerprint density at radius 1 is 1.00 bits per heavy atom. The summed E-state index contributed by atoms with van der Waals surface area (Å²) in [5, 5.41) is 0. The van der Waals surface area contributed by atoms with Crippen molar-refractivity contribution in [1.82, 2.24) is 14.9 Å². The normalized spacial score (nSPS) is 16.7. The second kappa shape index (κ2) is 8.61. The Bertz CT molecular complexity index is 918. The molecule has 0 radical (unpaired) electrons. The zero-order valence-corrected chi connectivity index (χ0v) is 18.8. The molecule has 0 spiro atoms. The number of hydrogen-bond acceptors (Lipinski definition) is 7. The summed E-state index contributed by atoms with van der Waals surface area (Å²) < 4.78 is 10.7. The highest BCUT2D eigenvalue weighted by Crippen LogP contribution is 2.24. The maximum Gasteiger partial charge on any atom is 0.410 e. The number of piperazine rings is 1. The van der Waals surface area contributed by atoms with Crippen LogP contribution in [0.1, 0.15) is 32.0 Å². The van der Waals surface area contributed by atoms with Crippen LogP contribution in [0.4, 0.5) is 16.4 Å². The van der Waals surface area contributed by atoms with E-state index in [1.165, 1.54) is 5.69 Å². The van der Waals surface area contributed by atoms with E-state index in [4.69, 9.17) is 14.5 Å². The van der Waals surface area contributed by atoms with Crippen molar-refractivity contribution >= 4 is 17.7 Å². The molecule has 1 fully saturated rings. The summed E-state index contributed by atoms with van der Waals surface area (Å²) in [5.41, 5.74) is 2.74. The van der Waals surface area contributed by atoms with E-state index in [0.29, 0.717) is 13.1 Å². The summed E-state index contributed by atoms with van der Waals surface area (Å²) in [7, 11) is 1.68. The van der Waals surface area contributed by atoms with Crippen LogP contribution in [0.2, 0.25) is 0 Å². The molecular formula is C23H31N5O3. The molecule has 0 N–H and O–H groups in total. The van der Waals surface area contributed by atoms with Gasteiger partial charge in [-0.3, -0.25) is 0 Å². The summed E-state index contributed by atoms with van der Waals surface area (Å²) in [6.07, 6.45) is 2.30. The number of anilines is 2. The van der Waals surface area contributed by atoms with E-state index in [-0.39, 0.29) is 6.09 Å². The van der Waals surface area contributed by atoms with Crippen molar-refractivity contribution in [2.75, 3.05) is 49.6 Å². The quantitative estimate of drug-likeness (QED) is 0.748. The van der Waals surface area contributed by atoms with Crippen LogP contribution >= 0.6 is 0 Å². The highest BCUT2D eigenvalue weighted by atomic mass is 16.6. The molecule has 0 unspecified atom stereocenters. The van der Waals surface area contributed by atoms with E-state index >= 15 is 0 Å². The molecule has 0 bridgehead atoms. The van der Waals surface area contributed by atoms with Crippen LogP contribution in [0.15, 0.2) is 30.5 Å². The van der Waals surface area contributed by atoms with Crippen molar-refractivity contribution in [2.45, 2.75) is 39.3 Å². The lowest BCUT2D eigenvalue weighted by atomic mass is 10.1. The van der Waals surface area contributed by atoms with Gasteiger partial charge in [0.2, 0.25) is 5.95 Å². The molecule has 8 heteroatoms. The molecule has 1 aromatic carbocycles. The molecule has 0 atom stereocenters. The third-order valence-electron chi connectivity index (χ3n) is 5.57. The fraction of sp³-hybridized carbons (Fsp3) is 0.522. The molecule has 166 valence electrons. The van der Waals surface area contributed by atoms with Gasteiger partial charge in [0.15, 0.2) is 0 Å². The van der Waals surface area contributed by atoms with Gasteiger partial charge in [0.25, 0.3) is 0 Å². The van der Waals surface area contributed by atoms with Crippen LogP contribution in [-0.4, -0.2) is 66.4 Å². The number of hydrogen-bond donors (Lipinski definition) is 0. The molecule has 1 amide bonds. The Morgan fingerprint density at radius 2 is 1.68 bits per heavy atom. The molecule has 4 rings (SSSR count). The molecule has 8 nitrogen and oxygen atoms in total. The molecule has 0 saturated carbocycles. The lowest BCUT2D eigenvalue weighted by molar-refractivity contribution is 0.0222. The Kier molecular flexibility index (Phi) is 5.89. The smallest absolute Gasteiger partial charge is 0.410 e. The number of aromatic nitrogens is 2. The Morgan fingerprint density at radius 3 is 2.32 bits per heavy atom. The SMILES string of the molecule is COc1ccc(N2CCN(c3ncc4c(n3)CCN(C(=O)OC(C)(C)C)C4)CC2)cc1. The molecule has 0 aliphatic carbocycles. The van der Waals surface area contributed by atoms with Crippen LogP contribution < -0.4 is 14.5 Å². The Balaban J connectivity index is 1.36. The monoisotopic (exact) mass is 425 g/mol. The number of carbonyl (C=O) groups is 1. The van der Waals surface area contributed by atoms with Gasteiger partial charge in [0.05, 0.1) is 19.3 Å². The van der Waals surface area contributed by atoms with E-state index in [9.17, 15) is 4.79 Å². The van der Waals surface area contributed by atoms with Crippen LogP contribution in [0.25, 0.3) is 0 Å². The van der Waals surface area contributed by atoms with Gasteiger partial charge in [-0.25, -0.2) is 14.8 Å². The molecule has 2 aliphatic heterocycles. The summed E-state index contributed by atoms with van der Waals surface area (Å²) in [6.45, 7) is 10.3. The molecule has 2 aliphatic rings. The minimum Gasteiger partial charge on any atom is -0.497 e. The zero-order chi connectivity index (χ0) is 22.0. The van der Waals surface area contributed by atoms with Crippen molar-refractivity contribution in [3.8, 4) is 5.75 Å². The third kappa shape index (κ3) is 5.00. The lowest BCUT2D eigenvalue weighted by Crippen LogP contribution is -2.47. The molecule has 3 heterocycles. The van der Waals surface area contributed by atoms with E-state index in [0.717, 1.165) is 55.6 Å². The number of benzene rings is 1. The van der Waals surface area contributed by atoms with Gasteiger partial charge in [-0.15, -0.1) is 0 Å². The second-order valence-corrected chi connectivity index (χ2v) is 8.97. The van der Waals surface area contributed by atoms with Gasteiger partial charge in [-0.2, -0.15) is 0 Å². The highest BCUT2D eigenvalue weighted by molar-refractivity contribution is 5.68. The average Bonchev–Trinajstić information content (AvgIpc) is 2.77. The summed E-state index contributed by atoms with van der Waals surface area (Å²) in [6, 6.07) is 8.18. The first-order valence-electron chi connectivity index (χ1n) is 10.8. The van der Waals surface area contributed by atoms with Crippen LogP contribution in [-0.2, 0) is 17.7 Å².